The smallest absolute Gasteiger partial charge is 1.00 e. The topological polar surface area (TPSA) is 69.4 Å². The van der Waals surface area contributed by atoms with Gasteiger partial charge in [0.2, 0.25) is 0 Å². The molecule has 0 rings (SSSR count). The molecule has 0 bridgehead atoms. The van der Waals surface area contributed by atoms with Crippen molar-refractivity contribution in [3.63, 3.8) is 0 Å². The number of nitrogens with two attached hydrogens (primary N) is 1. The second-order valence-corrected chi connectivity index (χ2v) is 3.41. The molecule has 0 heterocycles. The molecule has 15 heavy (non-hydrogen) atoms. The standard InChI is InChI=1S/C5H9NO3.C4H11P.Na.H/c1-4(7)2-3-5(8)9-6;1-2-3-4-5;;/h2-3,6H2,1H3;2-5H2,1H3;;/q;;+1;-1. The van der Waals surface area contributed by atoms with Gasteiger partial charge < -0.3 is 11.1 Å². The summed E-state index contributed by atoms with van der Waals surface area (Å²) in [5.74, 6) is 3.91. The van der Waals surface area contributed by atoms with Gasteiger partial charge in [0, 0.05) is 6.42 Å². The SMILES string of the molecule is CC(=O)CCC(=O)ON.CCCCP.[H-].[Na+]. The summed E-state index contributed by atoms with van der Waals surface area (Å²) in [7, 11) is 2.70. The van der Waals surface area contributed by atoms with Crippen LogP contribution in [-0.4, -0.2) is 17.9 Å². The van der Waals surface area contributed by atoms with E-state index >= 15 is 0 Å². The Kier molecular flexibility index (Phi) is 23.6. The Morgan fingerprint density at radius 3 is 2.13 bits per heavy atom. The van der Waals surface area contributed by atoms with E-state index in [1.54, 1.807) is 0 Å². The van der Waals surface area contributed by atoms with Crippen LogP contribution in [0.5, 0.6) is 0 Å². The quantitative estimate of drug-likeness (QED) is 0.365. The first-order chi connectivity index (χ1) is 6.58. The van der Waals surface area contributed by atoms with Crippen molar-refractivity contribution in [1.82, 2.24) is 0 Å². The van der Waals surface area contributed by atoms with Gasteiger partial charge in [0.15, 0.2) is 0 Å². The molecule has 0 saturated heterocycles. The number of ketones is 1. The monoisotopic (exact) mass is 245 g/mol. The number of unbranched alkanes of at least 4 members (excludes halogenated alkanes) is 1. The summed E-state index contributed by atoms with van der Waals surface area (Å²) >= 11 is 0. The van der Waals surface area contributed by atoms with Gasteiger partial charge in [-0.05, 0) is 13.1 Å². The third-order valence-electron chi connectivity index (χ3n) is 1.37. The van der Waals surface area contributed by atoms with E-state index < -0.39 is 5.97 Å². The number of Topliss-reactive ketones (excluding diaryl/α,β-unsaturated/α-hetero) is 1. The van der Waals surface area contributed by atoms with E-state index in [2.05, 4.69) is 26.9 Å². The normalized spacial score (nSPS) is 8.00. The zero-order valence-corrected chi connectivity index (χ0v) is 13.1. The van der Waals surface area contributed by atoms with Gasteiger partial charge in [0.1, 0.15) is 5.78 Å². The van der Waals surface area contributed by atoms with Gasteiger partial charge in [0.25, 0.3) is 0 Å². The molecule has 6 heteroatoms. The molecule has 0 aliphatic carbocycles. The number of carbonyl (C=O) groups excluding carboxylic acids is 2. The van der Waals surface area contributed by atoms with Crippen molar-refractivity contribution in [3.8, 4) is 0 Å². The van der Waals surface area contributed by atoms with Crippen LogP contribution in [0.2, 0.25) is 0 Å². The first-order valence-corrected chi connectivity index (χ1v) is 5.49. The van der Waals surface area contributed by atoms with Crippen molar-refractivity contribution in [2.24, 2.45) is 5.90 Å². The number of carbonyl (C=O) groups is 2. The van der Waals surface area contributed by atoms with E-state index in [0.29, 0.717) is 0 Å². The van der Waals surface area contributed by atoms with Crippen LogP contribution >= 0.6 is 9.24 Å². The molecule has 1 atom stereocenters. The molecule has 0 aromatic rings. The van der Waals surface area contributed by atoms with E-state index in [9.17, 15) is 9.59 Å². The second-order valence-electron chi connectivity index (χ2n) is 2.83. The van der Waals surface area contributed by atoms with Crippen molar-refractivity contribution < 1.29 is 45.4 Å². The van der Waals surface area contributed by atoms with E-state index in [4.69, 9.17) is 0 Å². The summed E-state index contributed by atoms with van der Waals surface area (Å²) in [5.41, 5.74) is 0. The fourth-order valence-electron chi connectivity index (χ4n) is 0.541. The van der Waals surface area contributed by atoms with Crippen LogP contribution in [0, 0.1) is 0 Å². The predicted octanol–water partition coefficient (Wildman–Crippen LogP) is -1.45. The predicted molar refractivity (Wildman–Crippen MR) is 60.8 cm³/mol. The molecule has 0 spiro atoms. The van der Waals surface area contributed by atoms with E-state index in [0.717, 1.165) is 0 Å². The first-order valence-electron chi connectivity index (χ1n) is 4.67. The Balaban J connectivity index is -0.0000000904. The molecular weight excluding hydrogens is 224 g/mol. The Morgan fingerprint density at radius 1 is 1.40 bits per heavy atom. The summed E-state index contributed by atoms with van der Waals surface area (Å²) in [6.45, 7) is 3.61. The van der Waals surface area contributed by atoms with Gasteiger partial charge in [-0.1, -0.05) is 19.8 Å². The molecule has 0 aliphatic rings. The van der Waals surface area contributed by atoms with Crippen molar-refractivity contribution in [1.29, 1.82) is 0 Å². The van der Waals surface area contributed by atoms with Crippen molar-refractivity contribution in [3.05, 3.63) is 0 Å². The van der Waals surface area contributed by atoms with Crippen molar-refractivity contribution >= 4 is 21.0 Å². The van der Waals surface area contributed by atoms with Gasteiger partial charge in [-0.15, -0.1) is 9.24 Å². The maximum atomic E-state index is 10.2. The Hall–Kier alpha value is 0.530. The molecule has 0 saturated carbocycles. The van der Waals surface area contributed by atoms with E-state index in [1.807, 2.05) is 0 Å². The van der Waals surface area contributed by atoms with Crippen LogP contribution in [0.3, 0.4) is 0 Å². The van der Waals surface area contributed by atoms with Crippen LogP contribution in [0.4, 0.5) is 0 Å². The Labute approximate surface area is 118 Å². The molecule has 0 fully saturated rings. The third kappa shape index (κ3) is 25.1. The summed E-state index contributed by atoms with van der Waals surface area (Å²) in [5, 5.41) is 0. The fourth-order valence-corrected chi connectivity index (χ4v) is 0.949. The molecule has 0 aromatic carbocycles. The van der Waals surface area contributed by atoms with Gasteiger partial charge in [-0.25, -0.2) is 0 Å². The van der Waals surface area contributed by atoms with Crippen LogP contribution in [-0.2, 0) is 14.4 Å². The Morgan fingerprint density at radius 2 is 1.93 bits per heavy atom. The summed E-state index contributed by atoms with van der Waals surface area (Å²) in [6, 6.07) is 0. The van der Waals surface area contributed by atoms with E-state index in [-0.39, 0.29) is 49.6 Å². The third-order valence-corrected chi connectivity index (χ3v) is 1.78. The maximum absolute atomic E-state index is 10.2. The molecule has 1 unspecified atom stereocenters. The average Bonchev–Trinajstić information content (AvgIpc) is 2.16. The van der Waals surface area contributed by atoms with Gasteiger partial charge in [-0.3, -0.25) is 4.79 Å². The molecule has 2 N–H and O–H groups in total. The van der Waals surface area contributed by atoms with Crippen LogP contribution in [0.1, 0.15) is 41.0 Å². The minimum Gasteiger partial charge on any atom is -1.00 e. The summed E-state index contributed by atoms with van der Waals surface area (Å²) in [4.78, 5) is 24.2. The minimum absolute atomic E-state index is 0. The van der Waals surface area contributed by atoms with E-state index in [1.165, 1.54) is 25.9 Å². The zero-order valence-electron chi connectivity index (χ0n) is 10.9. The van der Waals surface area contributed by atoms with Crippen molar-refractivity contribution in [2.75, 3.05) is 6.16 Å². The Bertz CT molecular complexity index is 171. The largest absolute Gasteiger partial charge is 1.00 e. The second kappa shape index (κ2) is 16.9. The van der Waals surface area contributed by atoms with Crippen molar-refractivity contribution in [2.45, 2.75) is 39.5 Å². The molecule has 0 aromatic heterocycles. The molecule has 0 amide bonds. The number of hydrogen-bond acceptors (Lipinski definition) is 4. The zero-order chi connectivity index (χ0) is 11.4. The average molecular weight is 245 g/mol. The van der Waals surface area contributed by atoms with Crippen LogP contribution < -0.4 is 35.5 Å². The number of hydrogen-bond donors (Lipinski definition) is 1. The maximum Gasteiger partial charge on any atom is 1.00 e. The molecular formula is C9H21NNaO3P. The minimum atomic E-state index is -0.551. The molecule has 0 aliphatic heterocycles. The van der Waals surface area contributed by atoms with Crippen LogP contribution in [0.15, 0.2) is 0 Å². The summed E-state index contributed by atoms with van der Waals surface area (Å²) in [6.07, 6.45) is 4.21. The van der Waals surface area contributed by atoms with Gasteiger partial charge >= 0.3 is 35.5 Å². The first kappa shape index (κ1) is 20.9. The molecule has 86 valence electrons. The summed E-state index contributed by atoms with van der Waals surface area (Å²) < 4.78 is 0. The fraction of sp³-hybridized carbons (Fsp3) is 0.778. The molecule has 4 nitrogen and oxygen atoms in total. The van der Waals surface area contributed by atoms with Gasteiger partial charge in [-0.2, -0.15) is 5.90 Å². The van der Waals surface area contributed by atoms with Crippen LogP contribution in [0.25, 0.3) is 0 Å². The van der Waals surface area contributed by atoms with Gasteiger partial charge in [0.05, 0.1) is 6.42 Å². The number of rotatable bonds is 5. The molecule has 0 radical (unpaired) electrons.